The van der Waals surface area contributed by atoms with Crippen LogP contribution in [0.25, 0.3) is 0 Å². The highest BCUT2D eigenvalue weighted by Gasteiger charge is 2.36. The molecule has 180 valence electrons. The summed E-state index contributed by atoms with van der Waals surface area (Å²) in [6.07, 6.45) is -2.57. The zero-order chi connectivity index (χ0) is 23.6. The second-order valence-corrected chi connectivity index (χ2v) is 9.89. The van der Waals surface area contributed by atoms with Crippen molar-refractivity contribution in [2.24, 2.45) is 0 Å². The summed E-state index contributed by atoms with van der Waals surface area (Å²) < 4.78 is 71.1. The van der Waals surface area contributed by atoms with E-state index < -0.39 is 40.4 Å². The zero-order valence-corrected chi connectivity index (χ0v) is 18.5. The number of aromatic nitrogens is 2. The van der Waals surface area contributed by atoms with Crippen molar-refractivity contribution in [3.05, 3.63) is 47.5 Å². The van der Waals surface area contributed by atoms with Gasteiger partial charge in [-0.25, -0.2) is 9.97 Å². The number of rotatable bonds is 5. The van der Waals surface area contributed by atoms with Gasteiger partial charge in [-0.15, -0.1) is 0 Å². The van der Waals surface area contributed by atoms with Crippen molar-refractivity contribution in [3.63, 3.8) is 0 Å². The van der Waals surface area contributed by atoms with Crippen LogP contribution >= 0.6 is 0 Å². The average Bonchev–Trinajstić information content (AvgIpc) is 2.80. The van der Waals surface area contributed by atoms with E-state index in [9.17, 15) is 22.8 Å². The van der Waals surface area contributed by atoms with Crippen molar-refractivity contribution in [2.75, 3.05) is 48.0 Å². The molecular weight excluding hydrogens is 464 g/mol. The molecule has 0 radical (unpaired) electrons. The van der Waals surface area contributed by atoms with Crippen LogP contribution in [0.4, 0.5) is 29.2 Å². The Morgan fingerprint density at radius 3 is 2.58 bits per heavy atom. The fraction of sp³-hybridized carbons (Fsp3) is 0.524. The van der Waals surface area contributed by atoms with Gasteiger partial charge in [0.1, 0.15) is 17.8 Å². The van der Waals surface area contributed by atoms with E-state index in [0.717, 1.165) is 12.1 Å². The van der Waals surface area contributed by atoms with E-state index in [2.05, 4.69) is 15.3 Å². The molecule has 12 heteroatoms. The third-order valence-corrected chi connectivity index (χ3v) is 7.29. The fourth-order valence-corrected chi connectivity index (χ4v) is 5.39. The van der Waals surface area contributed by atoms with Gasteiger partial charge >= 0.3 is 6.18 Å². The Morgan fingerprint density at radius 1 is 1.21 bits per heavy atom. The lowest BCUT2D eigenvalue weighted by molar-refractivity contribution is -0.137. The van der Waals surface area contributed by atoms with Gasteiger partial charge in [-0.3, -0.25) is 0 Å². The first-order chi connectivity index (χ1) is 15.7. The van der Waals surface area contributed by atoms with Crippen molar-refractivity contribution in [1.29, 1.82) is 0 Å². The van der Waals surface area contributed by atoms with Crippen LogP contribution in [0.2, 0.25) is 0 Å². The van der Waals surface area contributed by atoms with Gasteiger partial charge in [-0.2, -0.15) is 17.6 Å². The van der Waals surface area contributed by atoms with Crippen molar-refractivity contribution < 1.29 is 32.0 Å². The number of nitrogens with one attached hydrogen (secondary N) is 1. The van der Waals surface area contributed by atoms with E-state index in [4.69, 9.17) is 4.74 Å². The number of benzene rings is 1. The summed E-state index contributed by atoms with van der Waals surface area (Å²) >= 11 is -0.944. The summed E-state index contributed by atoms with van der Waals surface area (Å²) in [7, 11) is 0. The number of anilines is 2. The average molecular weight is 489 g/mol. The topological polar surface area (TPSA) is 93.6 Å². The molecule has 0 aliphatic carbocycles. The molecule has 2 fully saturated rings. The molecule has 0 saturated carbocycles. The predicted molar refractivity (Wildman–Crippen MR) is 115 cm³/mol. The van der Waals surface area contributed by atoms with Gasteiger partial charge in [0.2, 0.25) is 5.82 Å². The van der Waals surface area contributed by atoms with Crippen molar-refractivity contribution in [2.45, 2.75) is 30.7 Å². The number of halogens is 4. The summed E-state index contributed by atoms with van der Waals surface area (Å²) in [5.41, 5.74) is -1.33. The molecule has 2 aliphatic heterocycles. The molecule has 2 aliphatic rings. The van der Waals surface area contributed by atoms with Gasteiger partial charge < -0.3 is 24.6 Å². The molecule has 2 aromatic rings. The SMILES string of the molecule is [O-][S+]1CCC(O)(CNc2ncnc(N3CCOCC3c3ccc(C(F)(F)F)cc3)c2F)CC1. The van der Waals surface area contributed by atoms with Crippen LogP contribution in [-0.4, -0.2) is 63.0 Å². The largest absolute Gasteiger partial charge is 0.616 e. The van der Waals surface area contributed by atoms with Crippen LogP contribution in [0.1, 0.15) is 30.0 Å². The van der Waals surface area contributed by atoms with E-state index in [-0.39, 0.29) is 31.3 Å². The Balaban J connectivity index is 1.53. The normalized spacial score (nSPS) is 26.3. The first-order valence-corrected chi connectivity index (χ1v) is 12.0. The molecule has 0 spiro atoms. The number of nitrogens with zero attached hydrogens (tertiary/aromatic N) is 3. The van der Waals surface area contributed by atoms with E-state index in [1.54, 1.807) is 4.90 Å². The maximum absolute atomic E-state index is 15.4. The van der Waals surface area contributed by atoms with Gasteiger partial charge in [-0.1, -0.05) is 23.3 Å². The molecule has 1 aromatic heterocycles. The summed E-state index contributed by atoms with van der Waals surface area (Å²) in [5, 5.41) is 13.5. The van der Waals surface area contributed by atoms with Crippen molar-refractivity contribution >= 4 is 22.8 Å². The van der Waals surface area contributed by atoms with Crippen molar-refractivity contribution in [1.82, 2.24) is 9.97 Å². The van der Waals surface area contributed by atoms with Crippen molar-refractivity contribution in [3.8, 4) is 0 Å². The van der Waals surface area contributed by atoms with E-state index in [0.29, 0.717) is 36.5 Å². The summed E-state index contributed by atoms with van der Waals surface area (Å²) in [6, 6.07) is 4.16. The quantitative estimate of drug-likeness (QED) is 0.494. The Hall–Kier alpha value is -2.15. The summed E-state index contributed by atoms with van der Waals surface area (Å²) in [5.74, 6) is -0.0363. The first kappa shape index (κ1) is 24.0. The van der Waals surface area contributed by atoms with Crippen LogP contribution in [0.5, 0.6) is 0 Å². The lowest BCUT2D eigenvalue weighted by Crippen LogP contribution is -2.44. The Morgan fingerprint density at radius 2 is 1.91 bits per heavy atom. The lowest BCUT2D eigenvalue weighted by atomic mass is 9.97. The highest BCUT2D eigenvalue weighted by molar-refractivity contribution is 7.91. The number of ether oxygens (including phenoxy) is 1. The minimum absolute atomic E-state index is 0.00237. The van der Waals surface area contributed by atoms with Gasteiger partial charge in [0.25, 0.3) is 0 Å². The second kappa shape index (κ2) is 9.61. The third-order valence-electron chi connectivity index (χ3n) is 5.97. The van der Waals surface area contributed by atoms with E-state index >= 15 is 4.39 Å². The van der Waals surface area contributed by atoms with Gasteiger partial charge in [0, 0.05) is 25.9 Å². The molecule has 1 aromatic carbocycles. The highest BCUT2D eigenvalue weighted by atomic mass is 32.2. The molecule has 0 amide bonds. The number of aliphatic hydroxyl groups is 1. The molecule has 3 heterocycles. The molecule has 4 rings (SSSR count). The second-order valence-electron chi connectivity index (χ2n) is 8.19. The number of alkyl halides is 3. The van der Waals surface area contributed by atoms with Gasteiger partial charge in [-0.05, 0) is 17.7 Å². The van der Waals surface area contributed by atoms with Gasteiger partial charge in [0.15, 0.2) is 11.6 Å². The first-order valence-electron chi connectivity index (χ1n) is 10.5. The Labute approximate surface area is 191 Å². The number of hydrogen-bond donors (Lipinski definition) is 2. The van der Waals surface area contributed by atoms with Crippen LogP contribution in [0.15, 0.2) is 30.6 Å². The minimum Gasteiger partial charge on any atom is -0.616 e. The van der Waals surface area contributed by atoms with E-state index in [1.807, 2.05) is 0 Å². The fourth-order valence-electron chi connectivity index (χ4n) is 3.97. The van der Waals surface area contributed by atoms with Crippen LogP contribution in [-0.2, 0) is 22.1 Å². The predicted octanol–water partition coefficient (Wildman–Crippen LogP) is 2.90. The Bertz CT molecular complexity index is 956. The van der Waals surface area contributed by atoms with Gasteiger partial charge in [0.05, 0.1) is 30.4 Å². The van der Waals surface area contributed by atoms with Crippen LogP contribution < -0.4 is 10.2 Å². The molecule has 1 unspecified atom stereocenters. The molecular formula is C21H24F4N4O3S. The highest BCUT2D eigenvalue weighted by Crippen LogP contribution is 2.34. The molecule has 2 saturated heterocycles. The maximum Gasteiger partial charge on any atom is 0.416 e. The lowest BCUT2D eigenvalue weighted by Gasteiger charge is -2.37. The molecule has 33 heavy (non-hydrogen) atoms. The minimum atomic E-state index is -4.45. The number of hydrogen-bond acceptors (Lipinski definition) is 7. The molecule has 0 bridgehead atoms. The number of morpholine rings is 1. The standard InChI is InChI=1S/C21H24F4N4O3S/c22-17-18(26-12-20(30)5-9-33(31)10-6-20)27-13-28-19(17)29-7-8-32-11-16(29)14-1-3-15(4-2-14)21(23,24)25/h1-4,13,16,30H,5-12H2,(H,26,27,28). The zero-order valence-electron chi connectivity index (χ0n) is 17.6. The maximum atomic E-state index is 15.4. The molecule has 1 atom stereocenters. The summed E-state index contributed by atoms with van der Waals surface area (Å²) in [6.45, 7) is 0.798. The molecule has 2 N–H and O–H groups in total. The monoisotopic (exact) mass is 488 g/mol. The Kier molecular flexibility index (Phi) is 6.99. The smallest absolute Gasteiger partial charge is 0.416 e. The van der Waals surface area contributed by atoms with E-state index in [1.165, 1.54) is 18.5 Å². The third kappa shape index (κ3) is 5.51. The van der Waals surface area contributed by atoms with Crippen LogP contribution in [0.3, 0.4) is 0 Å². The molecule has 7 nitrogen and oxygen atoms in total. The summed E-state index contributed by atoms with van der Waals surface area (Å²) in [4.78, 5) is 9.67. The van der Waals surface area contributed by atoms with Crippen LogP contribution in [0, 0.1) is 5.82 Å².